The second-order valence-electron chi connectivity index (χ2n) is 9.28. The fourth-order valence-electron chi connectivity index (χ4n) is 4.70. The van der Waals surface area contributed by atoms with Crippen molar-refractivity contribution in [3.05, 3.63) is 36.3 Å². The average Bonchev–Trinajstić information content (AvgIpc) is 3.51. The number of benzene rings is 1. The van der Waals surface area contributed by atoms with E-state index < -0.39 is 36.6 Å². The maximum Gasteiger partial charge on any atom is 0.335 e. The SMILES string of the molecule is COc1cc2nc(N3CCN(C(=O)c4ccco4)CC3)nc(N[C@@H]3O[C@H](C(=O)O)[C@@H](O)[C@H](O)[C@H]3O)c2cc1OC. The van der Waals surface area contributed by atoms with Gasteiger partial charge in [0.1, 0.15) is 24.1 Å². The molecule has 0 radical (unpaired) electrons. The highest BCUT2D eigenvalue weighted by Gasteiger charge is 2.47. The van der Waals surface area contributed by atoms with Gasteiger partial charge in [-0.2, -0.15) is 4.98 Å². The van der Waals surface area contributed by atoms with Crippen molar-refractivity contribution in [2.24, 2.45) is 0 Å². The van der Waals surface area contributed by atoms with Crippen molar-refractivity contribution < 1.29 is 48.6 Å². The van der Waals surface area contributed by atoms with Gasteiger partial charge in [-0.1, -0.05) is 0 Å². The molecule has 40 heavy (non-hydrogen) atoms. The quantitative estimate of drug-likeness (QED) is 0.248. The van der Waals surface area contributed by atoms with Crippen LogP contribution in [-0.2, 0) is 9.53 Å². The van der Waals surface area contributed by atoms with Crippen molar-refractivity contribution in [3.8, 4) is 11.5 Å². The van der Waals surface area contributed by atoms with E-state index in [2.05, 4.69) is 15.3 Å². The molecule has 0 unspecified atom stereocenters. The summed E-state index contributed by atoms with van der Waals surface area (Å²) in [7, 11) is 2.93. The summed E-state index contributed by atoms with van der Waals surface area (Å²) < 4.78 is 21.4. The van der Waals surface area contributed by atoms with Crippen molar-refractivity contribution in [1.29, 1.82) is 0 Å². The maximum atomic E-state index is 12.7. The Morgan fingerprint density at radius 1 is 1.00 bits per heavy atom. The number of aromatic nitrogens is 2. The highest BCUT2D eigenvalue weighted by molar-refractivity contribution is 5.93. The molecule has 1 amide bonds. The number of rotatable bonds is 7. The number of carboxylic acid groups (broad SMARTS) is 1. The van der Waals surface area contributed by atoms with E-state index in [0.717, 1.165) is 0 Å². The normalized spacial score (nSPS) is 25.1. The third-order valence-electron chi connectivity index (χ3n) is 6.91. The van der Waals surface area contributed by atoms with Crippen LogP contribution in [0.1, 0.15) is 10.6 Å². The molecule has 2 aromatic heterocycles. The summed E-state index contributed by atoms with van der Waals surface area (Å²) in [6, 6.07) is 6.50. The van der Waals surface area contributed by atoms with E-state index in [1.54, 1.807) is 29.2 Å². The third kappa shape index (κ3) is 5.06. The number of anilines is 2. The number of ether oxygens (including phenoxy) is 3. The van der Waals surface area contributed by atoms with Crippen LogP contribution in [0.15, 0.2) is 34.9 Å². The highest BCUT2D eigenvalue weighted by Crippen LogP contribution is 2.36. The number of carboxylic acids is 1. The Kier molecular flexibility index (Phi) is 7.62. The molecule has 2 aliphatic heterocycles. The summed E-state index contributed by atoms with van der Waals surface area (Å²) in [5, 5.41) is 43.6. The Hall–Kier alpha value is -4.18. The lowest BCUT2D eigenvalue weighted by Gasteiger charge is -2.39. The van der Waals surface area contributed by atoms with Crippen LogP contribution >= 0.6 is 0 Å². The Morgan fingerprint density at radius 2 is 1.70 bits per heavy atom. The molecule has 2 saturated heterocycles. The zero-order valence-corrected chi connectivity index (χ0v) is 21.6. The number of hydrogen-bond acceptors (Lipinski definition) is 13. The molecule has 2 fully saturated rings. The summed E-state index contributed by atoms with van der Waals surface area (Å²) >= 11 is 0. The zero-order valence-electron chi connectivity index (χ0n) is 21.6. The smallest absolute Gasteiger partial charge is 0.335 e. The van der Waals surface area contributed by atoms with E-state index in [-0.39, 0.29) is 23.4 Å². The lowest BCUT2D eigenvalue weighted by molar-refractivity contribution is -0.221. The number of aliphatic carboxylic acids is 1. The number of carbonyl (C=O) groups is 2. The van der Waals surface area contributed by atoms with Crippen LogP contribution in [-0.4, -0.2) is 118 Å². The van der Waals surface area contributed by atoms with Gasteiger partial charge in [0.25, 0.3) is 5.91 Å². The molecular formula is C25H29N5O10. The van der Waals surface area contributed by atoms with Crippen LogP contribution in [0, 0.1) is 0 Å². The molecule has 15 heteroatoms. The van der Waals surface area contributed by atoms with E-state index in [1.807, 2.05) is 4.90 Å². The molecule has 5 atom stereocenters. The van der Waals surface area contributed by atoms with Crippen LogP contribution in [0.3, 0.4) is 0 Å². The topological polar surface area (TPSA) is 200 Å². The first kappa shape index (κ1) is 27.4. The van der Waals surface area contributed by atoms with Crippen molar-refractivity contribution >= 4 is 34.5 Å². The number of amides is 1. The molecule has 0 saturated carbocycles. The van der Waals surface area contributed by atoms with Gasteiger partial charge in [-0.25, -0.2) is 9.78 Å². The van der Waals surface area contributed by atoms with Crippen LogP contribution in [0.5, 0.6) is 11.5 Å². The Bertz CT molecular complexity index is 1380. The molecule has 5 rings (SSSR count). The molecule has 15 nitrogen and oxygen atoms in total. The van der Waals surface area contributed by atoms with Crippen molar-refractivity contribution in [1.82, 2.24) is 14.9 Å². The number of carbonyl (C=O) groups excluding carboxylic acids is 1. The maximum absolute atomic E-state index is 12.7. The van der Waals surface area contributed by atoms with Gasteiger partial charge in [-0.15, -0.1) is 0 Å². The molecule has 0 spiro atoms. The summed E-state index contributed by atoms with van der Waals surface area (Å²) in [6.07, 6.45) is -7.12. The van der Waals surface area contributed by atoms with E-state index in [4.69, 9.17) is 18.6 Å². The molecule has 1 aromatic carbocycles. The minimum atomic E-state index is -1.84. The van der Waals surface area contributed by atoms with E-state index >= 15 is 0 Å². The van der Waals surface area contributed by atoms with Crippen molar-refractivity contribution in [2.45, 2.75) is 30.6 Å². The molecule has 3 aromatic rings. The number of hydrogen-bond donors (Lipinski definition) is 5. The Morgan fingerprint density at radius 3 is 2.33 bits per heavy atom. The van der Waals surface area contributed by atoms with Crippen LogP contribution in [0.2, 0.25) is 0 Å². The molecule has 2 aliphatic rings. The minimum absolute atomic E-state index is 0.145. The first-order valence-electron chi connectivity index (χ1n) is 12.4. The van der Waals surface area contributed by atoms with E-state index in [9.17, 15) is 30.0 Å². The first-order chi connectivity index (χ1) is 19.2. The third-order valence-corrected chi connectivity index (χ3v) is 6.91. The highest BCUT2D eigenvalue weighted by atomic mass is 16.6. The van der Waals surface area contributed by atoms with Gasteiger partial charge in [0.05, 0.1) is 26.0 Å². The van der Waals surface area contributed by atoms with Gasteiger partial charge in [-0.3, -0.25) is 4.79 Å². The van der Waals surface area contributed by atoms with Crippen LogP contribution in [0.4, 0.5) is 11.8 Å². The number of aliphatic hydroxyl groups is 3. The molecule has 5 N–H and O–H groups in total. The van der Waals surface area contributed by atoms with Gasteiger partial charge in [0, 0.05) is 37.6 Å². The van der Waals surface area contributed by atoms with Crippen molar-refractivity contribution in [3.63, 3.8) is 0 Å². The van der Waals surface area contributed by atoms with E-state index in [1.165, 1.54) is 20.5 Å². The monoisotopic (exact) mass is 559 g/mol. The lowest BCUT2D eigenvalue weighted by atomic mass is 9.98. The predicted molar refractivity (Wildman–Crippen MR) is 137 cm³/mol. The number of piperazine rings is 1. The number of fused-ring (bicyclic) bond motifs is 1. The standard InChI is InChI=1S/C25H29N5O10/c1-37-15-10-12-13(11-16(15)38-2)26-25(30-7-5-29(6-8-30)23(34)14-4-3-9-39-14)28-21(12)27-22-19(33)17(31)18(32)20(40-22)24(35)36/h3-4,9-11,17-20,22,31-33H,5-8H2,1-2H3,(H,35,36)(H,26,27,28)/t17-,18-,19+,20-,22+/m0/s1. The summed E-state index contributed by atoms with van der Waals surface area (Å²) in [4.78, 5) is 37.1. The number of methoxy groups -OCH3 is 2. The predicted octanol–water partition coefficient (Wildman–Crippen LogP) is -0.493. The van der Waals surface area contributed by atoms with Gasteiger partial charge < -0.3 is 54.2 Å². The lowest BCUT2D eigenvalue weighted by Crippen LogP contribution is -2.61. The first-order valence-corrected chi connectivity index (χ1v) is 12.4. The van der Waals surface area contributed by atoms with Gasteiger partial charge in [0.15, 0.2) is 29.6 Å². The second kappa shape index (κ2) is 11.1. The summed E-state index contributed by atoms with van der Waals surface area (Å²) in [5.41, 5.74) is 0.430. The Labute approximate surface area is 227 Å². The average molecular weight is 560 g/mol. The van der Waals surface area contributed by atoms with Gasteiger partial charge in [0.2, 0.25) is 5.95 Å². The second-order valence-corrected chi connectivity index (χ2v) is 9.28. The molecular weight excluding hydrogens is 530 g/mol. The van der Waals surface area contributed by atoms with Crippen molar-refractivity contribution in [2.75, 3.05) is 50.6 Å². The number of nitrogens with one attached hydrogen (secondary N) is 1. The summed E-state index contributed by atoms with van der Waals surface area (Å²) in [5.74, 6) is -0.283. The molecule has 4 heterocycles. The number of furan rings is 1. The zero-order chi connectivity index (χ0) is 28.6. The fourth-order valence-corrected chi connectivity index (χ4v) is 4.70. The summed E-state index contributed by atoms with van der Waals surface area (Å²) in [6.45, 7) is 1.56. The van der Waals surface area contributed by atoms with Crippen LogP contribution < -0.4 is 19.7 Å². The fraction of sp³-hybridized carbons (Fsp3) is 0.440. The number of aliphatic hydroxyl groups excluding tert-OH is 3. The Balaban J connectivity index is 1.47. The molecule has 0 bridgehead atoms. The van der Waals surface area contributed by atoms with Gasteiger partial charge in [-0.05, 0) is 18.2 Å². The minimum Gasteiger partial charge on any atom is -0.493 e. The molecule has 0 aliphatic carbocycles. The number of nitrogens with zero attached hydrogens (tertiary/aromatic N) is 4. The van der Waals surface area contributed by atoms with Crippen LogP contribution in [0.25, 0.3) is 10.9 Å². The molecule has 214 valence electrons. The van der Waals surface area contributed by atoms with Gasteiger partial charge >= 0.3 is 5.97 Å². The van der Waals surface area contributed by atoms with E-state index in [0.29, 0.717) is 48.6 Å². The largest absolute Gasteiger partial charge is 0.493 e.